The number of allylic oxidation sites excluding steroid dienone is 2. The zero-order valence-corrected chi connectivity index (χ0v) is 17.7. The molecule has 0 saturated carbocycles. The minimum atomic E-state index is -3.12. The zero-order chi connectivity index (χ0) is 22.2. The largest absolute Gasteiger partial charge is 0.481 e. The Morgan fingerprint density at radius 3 is 2.84 bits per heavy atom. The standard InChI is InChI=1S/C23H26F2N4O2/c1-3-16-10-15(12-26)4-5-18(16)28-13-20-19(28)14-29(20)22(30)6-8-23(24,25)17-7-9-27-21(11-17)31-2/h4-5,7,9-11,16,18-20H,3,6,8,13-14H2,1-2H3/t16?,18?,19-,20?/m1/s1. The number of nitriles is 1. The van der Waals surface area contributed by atoms with E-state index in [0.717, 1.165) is 13.0 Å². The molecule has 2 aliphatic heterocycles. The molecule has 2 fully saturated rings. The first kappa shape index (κ1) is 21.4. The lowest BCUT2D eigenvalue weighted by atomic mass is 9.79. The van der Waals surface area contributed by atoms with Crippen LogP contribution in [0.1, 0.15) is 31.7 Å². The summed E-state index contributed by atoms with van der Waals surface area (Å²) in [6.07, 6.45) is 7.45. The van der Waals surface area contributed by atoms with Gasteiger partial charge in [0.25, 0.3) is 5.92 Å². The van der Waals surface area contributed by atoms with Crippen LogP contribution in [0.2, 0.25) is 0 Å². The van der Waals surface area contributed by atoms with E-state index >= 15 is 0 Å². The van der Waals surface area contributed by atoms with Gasteiger partial charge in [0.15, 0.2) is 0 Å². The maximum absolute atomic E-state index is 14.6. The van der Waals surface area contributed by atoms with Crippen molar-refractivity contribution >= 4 is 5.91 Å². The molecule has 6 nitrogen and oxygen atoms in total. The molecule has 0 bridgehead atoms. The molecule has 0 spiro atoms. The van der Waals surface area contributed by atoms with E-state index in [-0.39, 0.29) is 47.8 Å². The lowest BCUT2D eigenvalue weighted by Crippen LogP contribution is -2.81. The van der Waals surface area contributed by atoms with Crippen LogP contribution in [0, 0.1) is 17.2 Å². The average Bonchev–Trinajstić information content (AvgIpc) is 2.78. The molecule has 3 aliphatic rings. The second kappa shape index (κ2) is 8.39. The lowest BCUT2D eigenvalue weighted by Gasteiger charge is -2.64. The number of amides is 1. The van der Waals surface area contributed by atoms with Gasteiger partial charge in [-0.15, -0.1) is 0 Å². The first-order valence-corrected chi connectivity index (χ1v) is 10.6. The highest BCUT2D eigenvalue weighted by atomic mass is 19.3. The summed E-state index contributed by atoms with van der Waals surface area (Å²) in [5, 5.41) is 9.12. The molecule has 164 valence electrons. The number of hydrogen-bond donors (Lipinski definition) is 0. The first-order valence-electron chi connectivity index (χ1n) is 10.6. The molecule has 0 aromatic carbocycles. The van der Waals surface area contributed by atoms with Crippen LogP contribution >= 0.6 is 0 Å². The van der Waals surface area contributed by atoms with E-state index in [1.807, 2.05) is 12.2 Å². The number of aromatic nitrogens is 1. The summed E-state index contributed by atoms with van der Waals surface area (Å²) >= 11 is 0. The van der Waals surface area contributed by atoms with Crippen LogP contribution in [-0.2, 0) is 10.7 Å². The van der Waals surface area contributed by atoms with Crippen LogP contribution in [0.4, 0.5) is 8.78 Å². The van der Waals surface area contributed by atoms with E-state index in [2.05, 4.69) is 29.0 Å². The van der Waals surface area contributed by atoms with Gasteiger partial charge in [-0.1, -0.05) is 19.1 Å². The molecule has 1 aromatic rings. The highest BCUT2D eigenvalue weighted by Crippen LogP contribution is 2.40. The molecule has 1 amide bonds. The molecule has 1 aromatic heterocycles. The average molecular weight is 428 g/mol. The van der Waals surface area contributed by atoms with E-state index in [1.165, 1.54) is 25.4 Å². The summed E-state index contributed by atoms with van der Waals surface area (Å²) in [4.78, 5) is 20.5. The van der Waals surface area contributed by atoms with Gasteiger partial charge >= 0.3 is 0 Å². The molecule has 0 N–H and O–H groups in total. The van der Waals surface area contributed by atoms with Crippen molar-refractivity contribution in [3.63, 3.8) is 0 Å². The maximum Gasteiger partial charge on any atom is 0.274 e. The molecule has 3 heterocycles. The van der Waals surface area contributed by atoms with Gasteiger partial charge in [0.1, 0.15) is 0 Å². The van der Waals surface area contributed by atoms with Crippen LogP contribution in [0.5, 0.6) is 5.88 Å². The van der Waals surface area contributed by atoms with Crippen LogP contribution in [-0.4, -0.2) is 59.0 Å². The zero-order valence-electron chi connectivity index (χ0n) is 17.7. The Bertz CT molecular complexity index is 955. The molecule has 4 rings (SSSR count). The minimum absolute atomic E-state index is 0.106. The van der Waals surface area contributed by atoms with Crippen molar-refractivity contribution in [3.8, 4) is 11.9 Å². The first-order chi connectivity index (χ1) is 14.9. The fourth-order valence-corrected chi connectivity index (χ4v) is 4.74. The minimum Gasteiger partial charge on any atom is -0.481 e. The number of likely N-dealkylation sites (tertiary alicyclic amines) is 2. The van der Waals surface area contributed by atoms with Gasteiger partial charge in [0.05, 0.1) is 19.2 Å². The van der Waals surface area contributed by atoms with Gasteiger partial charge in [-0.3, -0.25) is 9.69 Å². The number of rotatable bonds is 7. The molecule has 2 saturated heterocycles. The molecule has 8 heteroatoms. The van der Waals surface area contributed by atoms with Gasteiger partial charge in [-0.25, -0.2) is 13.8 Å². The number of piperazine rings is 1. The Morgan fingerprint density at radius 2 is 2.19 bits per heavy atom. The predicted octanol–water partition coefficient (Wildman–Crippen LogP) is 3.27. The molecule has 1 aliphatic carbocycles. The van der Waals surface area contributed by atoms with Crippen molar-refractivity contribution in [2.24, 2.45) is 5.92 Å². The number of halogens is 2. The van der Waals surface area contributed by atoms with Crippen LogP contribution in [0.3, 0.4) is 0 Å². The van der Waals surface area contributed by atoms with Crippen molar-refractivity contribution in [1.82, 2.24) is 14.8 Å². The van der Waals surface area contributed by atoms with E-state index in [9.17, 15) is 13.6 Å². The summed E-state index contributed by atoms with van der Waals surface area (Å²) in [5.41, 5.74) is 0.501. The summed E-state index contributed by atoms with van der Waals surface area (Å²) in [5.74, 6) is -2.93. The smallest absolute Gasteiger partial charge is 0.274 e. The van der Waals surface area contributed by atoms with E-state index in [0.29, 0.717) is 12.1 Å². The third-order valence-electron chi connectivity index (χ3n) is 6.68. The van der Waals surface area contributed by atoms with Crippen LogP contribution < -0.4 is 4.74 Å². The number of ether oxygens (including phenoxy) is 1. The molecular formula is C23H26F2N4O2. The Balaban J connectivity index is 1.30. The van der Waals surface area contributed by atoms with Gasteiger partial charge in [0.2, 0.25) is 11.8 Å². The Hall–Kier alpha value is -2.79. The lowest BCUT2D eigenvalue weighted by molar-refractivity contribution is -0.172. The number of fused-ring (bicyclic) bond motifs is 1. The molecule has 31 heavy (non-hydrogen) atoms. The van der Waals surface area contributed by atoms with Gasteiger partial charge in [-0.05, 0) is 24.5 Å². The quantitative estimate of drug-likeness (QED) is 0.667. The van der Waals surface area contributed by atoms with Crippen molar-refractivity contribution in [2.75, 3.05) is 20.2 Å². The highest BCUT2D eigenvalue weighted by molar-refractivity contribution is 5.78. The molecule has 4 atom stereocenters. The molecule has 3 unspecified atom stereocenters. The number of alkyl halides is 2. The topological polar surface area (TPSA) is 69.5 Å². The van der Waals surface area contributed by atoms with Crippen molar-refractivity contribution in [3.05, 3.63) is 47.7 Å². The van der Waals surface area contributed by atoms with Crippen LogP contribution in [0.25, 0.3) is 0 Å². The summed E-state index contributed by atoms with van der Waals surface area (Å²) in [6.45, 7) is 3.43. The number of pyridine rings is 1. The number of methoxy groups -OCH3 is 1. The second-order valence-electron chi connectivity index (χ2n) is 8.32. The van der Waals surface area contributed by atoms with E-state index in [4.69, 9.17) is 10.00 Å². The molecular weight excluding hydrogens is 402 g/mol. The number of hydrogen-bond acceptors (Lipinski definition) is 5. The normalized spacial score (nSPS) is 27.5. The second-order valence-corrected chi connectivity index (χ2v) is 8.32. The van der Waals surface area contributed by atoms with Crippen molar-refractivity contribution in [2.45, 2.75) is 50.2 Å². The van der Waals surface area contributed by atoms with Crippen molar-refractivity contribution in [1.29, 1.82) is 5.26 Å². The number of carbonyl (C=O) groups excluding carboxylic acids is 1. The fourth-order valence-electron chi connectivity index (χ4n) is 4.74. The summed E-state index contributed by atoms with van der Waals surface area (Å²) in [7, 11) is 1.38. The third-order valence-corrected chi connectivity index (χ3v) is 6.68. The van der Waals surface area contributed by atoms with E-state index in [1.54, 1.807) is 4.90 Å². The highest BCUT2D eigenvalue weighted by Gasteiger charge is 2.55. The monoisotopic (exact) mass is 428 g/mol. The van der Waals surface area contributed by atoms with Gasteiger partial charge in [-0.2, -0.15) is 5.26 Å². The number of carbonyl (C=O) groups is 1. The van der Waals surface area contributed by atoms with Crippen molar-refractivity contribution < 1.29 is 18.3 Å². The van der Waals surface area contributed by atoms with Gasteiger partial charge in [0, 0.05) is 61.4 Å². The maximum atomic E-state index is 14.6. The Labute approximate surface area is 180 Å². The number of nitrogens with zero attached hydrogens (tertiary/aromatic N) is 4. The van der Waals surface area contributed by atoms with E-state index < -0.39 is 12.3 Å². The summed E-state index contributed by atoms with van der Waals surface area (Å²) < 4.78 is 34.0. The van der Waals surface area contributed by atoms with Crippen LogP contribution in [0.15, 0.2) is 42.1 Å². The summed E-state index contributed by atoms with van der Waals surface area (Å²) in [6, 6.07) is 5.27. The van der Waals surface area contributed by atoms with Gasteiger partial charge < -0.3 is 9.64 Å². The predicted molar refractivity (Wildman–Crippen MR) is 110 cm³/mol. The Morgan fingerprint density at radius 1 is 1.39 bits per heavy atom. The third kappa shape index (κ3) is 3.94. The fraction of sp³-hybridized carbons (Fsp3) is 0.522. The molecule has 0 radical (unpaired) electrons. The Kier molecular flexibility index (Phi) is 5.80. The SMILES string of the molecule is CCC1C=C(C#N)C=CC1N1CC2[C@H]1CN2C(=O)CCC(F)(F)c1ccnc(OC)c1.